The van der Waals surface area contributed by atoms with Crippen LogP contribution < -0.4 is 41.9 Å². The minimum Gasteiger partial charge on any atom is -0.449 e. The fraction of sp³-hybridized carbons (Fsp3) is 0.522. The Bertz CT molecular complexity index is 1320. The van der Waals surface area contributed by atoms with Crippen molar-refractivity contribution in [3.8, 4) is 11.5 Å². The van der Waals surface area contributed by atoms with E-state index in [1.54, 1.807) is 32.0 Å². The molecule has 0 radical (unpaired) electrons. The van der Waals surface area contributed by atoms with Gasteiger partial charge in [-0.3, -0.25) is 41.1 Å². The van der Waals surface area contributed by atoms with Crippen LogP contribution in [0, 0.1) is 0 Å². The molecule has 1 aromatic carbocycles. The van der Waals surface area contributed by atoms with Gasteiger partial charge in [-0.25, -0.2) is 9.89 Å². The molecule has 0 aliphatic carbocycles. The molecule has 1 spiro atoms. The van der Waals surface area contributed by atoms with Crippen LogP contribution in [0.25, 0.3) is 0 Å². The van der Waals surface area contributed by atoms with Crippen molar-refractivity contribution in [3.63, 3.8) is 0 Å². The first-order valence-corrected chi connectivity index (χ1v) is 12.3. The smallest absolute Gasteiger partial charge is 0.347 e. The fourth-order valence-electron chi connectivity index (χ4n) is 6.06. The van der Waals surface area contributed by atoms with Gasteiger partial charge in [0.25, 0.3) is 17.4 Å². The standard InChI is InChI=1S/C23H28N8O7/c1-21(2)37-12-5-3-4-10(16(12)38-21)18(34)27-13-9-31-20(25)26-11(8-30-14(32)6-7-15(30)33)17-22(31,23(13,35)36)29-19(24)28-17/h3-5,11,13,17,35-36H,6-9H2,1-2H3,(H6,24,25,26,27,28,29,34)/p+2/t11-,13?,17-,22-/m0/s1. The molecule has 6 rings (SSSR count). The number of nitrogens with two attached hydrogens (primary N) is 2. The van der Waals surface area contributed by atoms with Crippen LogP contribution in [-0.2, 0) is 9.59 Å². The van der Waals surface area contributed by atoms with Crippen molar-refractivity contribution >= 4 is 29.6 Å². The van der Waals surface area contributed by atoms with Gasteiger partial charge >= 0.3 is 11.9 Å². The van der Waals surface area contributed by atoms with E-state index in [0.29, 0.717) is 5.75 Å². The van der Waals surface area contributed by atoms with E-state index in [9.17, 15) is 24.6 Å². The number of carbonyl (C=O) groups is 3. The maximum absolute atomic E-state index is 13.4. The van der Waals surface area contributed by atoms with Crippen molar-refractivity contribution < 1.29 is 43.6 Å². The Labute approximate surface area is 216 Å². The second kappa shape index (κ2) is 7.70. The predicted molar refractivity (Wildman–Crippen MR) is 127 cm³/mol. The highest BCUT2D eigenvalue weighted by molar-refractivity contribution is 6.02. The topological polar surface area (TPSA) is 218 Å². The number of aliphatic hydroxyl groups is 2. The third-order valence-corrected chi connectivity index (χ3v) is 7.72. The van der Waals surface area contributed by atoms with Crippen molar-refractivity contribution in [2.75, 3.05) is 13.1 Å². The summed E-state index contributed by atoms with van der Waals surface area (Å²) in [6.07, 6.45) is 0.222. The van der Waals surface area contributed by atoms with Gasteiger partial charge < -0.3 is 25.0 Å². The molecule has 0 aromatic heterocycles. The Balaban J connectivity index is 1.31. The molecule has 1 aromatic rings. The van der Waals surface area contributed by atoms with Crippen molar-refractivity contribution in [1.29, 1.82) is 0 Å². The van der Waals surface area contributed by atoms with E-state index in [-0.39, 0.29) is 61.0 Å². The number of likely N-dealkylation sites (tertiary alicyclic amines) is 1. The normalized spacial score (nSPS) is 31.9. The van der Waals surface area contributed by atoms with Gasteiger partial charge in [0.15, 0.2) is 17.5 Å². The molecule has 5 aliphatic heterocycles. The number of ether oxygens (including phenoxy) is 2. The minimum atomic E-state index is -2.62. The van der Waals surface area contributed by atoms with E-state index in [2.05, 4.69) is 20.9 Å². The highest BCUT2D eigenvalue weighted by Crippen LogP contribution is 2.42. The van der Waals surface area contributed by atoms with Crippen LogP contribution in [0.4, 0.5) is 0 Å². The molecule has 38 heavy (non-hydrogen) atoms. The first-order valence-electron chi connectivity index (χ1n) is 12.3. The molecule has 15 nitrogen and oxygen atoms in total. The number of benzene rings is 1. The number of imide groups is 1. The minimum absolute atomic E-state index is 0.0358. The summed E-state index contributed by atoms with van der Waals surface area (Å²) in [5.74, 6) is -4.13. The van der Waals surface area contributed by atoms with E-state index < -0.39 is 41.3 Å². The highest BCUT2D eigenvalue weighted by atomic mass is 16.7. The molecule has 202 valence electrons. The molecule has 10 N–H and O–H groups in total. The average Bonchev–Trinajstić information content (AvgIpc) is 3.52. The molecule has 15 heteroatoms. The first-order chi connectivity index (χ1) is 17.8. The van der Waals surface area contributed by atoms with Gasteiger partial charge in [-0.2, -0.15) is 0 Å². The lowest BCUT2D eigenvalue weighted by atomic mass is 9.85. The second-order valence-corrected chi connectivity index (χ2v) is 10.6. The van der Waals surface area contributed by atoms with Crippen LogP contribution in [0.2, 0.25) is 0 Å². The molecular formula is C23H30N8O7+2. The number of rotatable bonds is 4. The van der Waals surface area contributed by atoms with Crippen LogP contribution in [-0.4, -0.2) is 97.8 Å². The monoisotopic (exact) mass is 530 g/mol. The van der Waals surface area contributed by atoms with Gasteiger partial charge in [0, 0.05) is 26.7 Å². The molecule has 4 atom stereocenters. The summed E-state index contributed by atoms with van der Waals surface area (Å²) in [4.78, 5) is 42.0. The second-order valence-electron chi connectivity index (χ2n) is 10.6. The van der Waals surface area contributed by atoms with E-state index in [1.807, 2.05) is 0 Å². The maximum Gasteiger partial charge on any atom is 0.347 e. The number of hydrogen-bond acceptors (Lipinski definition) is 11. The Morgan fingerprint density at radius 2 is 1.95 bits per heavy atom. The molecule has 2 fully saturated rings. The largest absolute Gasteiger partial charge is 0.449 e. The van der Waals surface area contributed by atoms with Crippen LogP contribution in [0.5, 0.6) is 11.5 Å². The molecule has 2 saturated heterocycles. The Morgan fingerprint density at radius 3 is 2.66 bits per heavy atom. The lowest BCUT2D eigenvalue weighted by molar-refractivity contribution is -0.674. The summed E-state index contributed by atoms with van der Waals surface area (Å²) >= 11 is 0. The van der Waals surface area contributed by atoms with Crippen LogP contribution >= 0.6 is 0 Å². The SMILES string of the molecule is CC1(C)Oc2cccc(C(=O)NC3C[N+]4=C(N)N[C@@H](CN5C(=O)CCC5=O)[C@@H]5[NH+]=C(N)N[C@@]54C3(O)O)c2O1. The molecular weight excluding hydrogens is 500 g/mol. The summed E-state index contributed by atoms with van der Waals surface area (Å²) < 4.78 is 13.0. The molecule has 0 saturated carbocycles. The number of nitrogens with one attached hydrogen (secondary N) is 4. The van der Waals surface area contributed by atoms with Gasteiger partial charge in [0.1, 0.15) is 12.1 Å². The predicted octanol–water partition coefficient (Wildman–Crippen LogP) is -5.50. The number of para-hydroxylation sites is 1. The first kappa shape index (κ1) is 24.2. The summed E-state index contributed by atoms with van der Waals surface area (Å²) in [6, 6.07) is 2.00. The average molecular weight is 531 g/mol. The molecule has 3 amide bonds. The van der Waals surface area contributed by atoms with Gasteiger partial charge in [0.05, 0.1) is 18.7 Å². The molecule has 0 bridgehead atoms. The third-order valence-electron chi connectivity index (χ3n) is 7.72. The zero-order valence-corrected chi connectivity index (χ0v) is 20.8. The molecule has 5 aliphatic rings. The Hall–Kier alpha value is -4.11. The van der Waals surface area contributed by atoms with Crippen molar-refractivity contribution in [2.24, 2.45) is 11.5 Å². The lowest BCUT2D eigenvalue weighted by Gasteiger charge is -2.41. The summed E-state index contributed by atoms with van der Waals surface area (Å²) in [5.41, 5.74) is 10.8. The number of hydrogen-bond donors (Lipinski definition) is 8. The fourth-order valence-corrected chi connectivity index (χ4v) is 6.06. The quantitative estimate of drug-likeness (QED) is 0.104. The summed E-state index contributed by atoms with van der Waals surface area (Å²) in [7, 11) is 0. The van der Waals surface area contributed by atoms with Gasteiger partial charge in [-0.1, -0.05) is 6.07 Å². The number of carbonyl (C=O) groups excluding carboxylic acids is 3. The van der Waals surface area contributed by atoms with Crippen molar-refractivity contribution in [2.45, 2.75) is 62.1 Å². The van der Waals surface area contributed by atoms with Crippen molar-refractivity contribution in [1.82, 2.24) is 20.9 Å². The third kappa shape index (κ3) is 3.24. The Morgan fingerprint density at radius 1 is 1.24 bits per heavy atom. The van der Waals surface area contributed by atoms with E-state index >= 15 is 0 Å². The van der Waals surface area contributed by atoms with E-state index in [4.69, 9.17) is 20.9 Å². The number of fused-ring (bicyclic) bond motifs is 1. The maximum atomic E-state index is 13.4. The zero-order valence-electron chi connectivity index (χ0n) is 20.8. The molecule has 5 heterocycles. The van der Waals surface area contributed by atoms with Gasteiger partial charge in [-0.05, 0) is 12.1 Å². The molecule has 1 unspecified atom stereocenters. The van der Waals surface area contributed by atoms with Gasteiger partial charge in [0.2, 0.25) is 17.6 Å². The highest BCUT2D eigenvalue weighted by Gasteiger charge is 2.78. The van der Waals surface area contributed by atoms with Crippen LogP contribution in [0.15, 0.2) is 18.2 Å². The number of amides is 3. The van der Waals surface area contributed by atoms with E-state index in [0.717, 1.165) is 4.90 Å². The zero-order chi connectivity index (χ0) is 27.2. The van der Waals surface area contributed by atoms with E-state index in [1.165, 1.54) is 4.58 Å². The summed E-state index contributed by atoms with van der Waals surface area (Å²) in [5, 5.41) is 31.9. The van der Waals surface area contributed by atoms with Crippen molar-refractivity contribution in [3.05, 3.63) is 23.8 Å². The summed E-state index contributed by atoms with van der Waals surface area (Å²) in [6.45, 7) is 3.24. The van der Waals surface area contributed by atoms with Crippen LogP contribution in [0.3, 0.4) is 0 Å². The number of guanidine groups is 2. The lowest BCUT2D eigenvalue weighted by Crippen LogP contribution is -2.92. The Kier molecular flexibility index (Phi) is 4.91. The van der Waals surface area contributed by atoms with Gasteiger partial charge in [-0.15, -0.1) is 0 Å². The van der Waals surface area contributed by atoms with Crippen LogP contribution in [0.1, 0.15) is 37.0 Å². The number of nitrogens with zero attached hydrogens (tertiary/aromatic N) is 2.